The van der Waals surface area contributed by atoms with E-state index >= 15 is 0 Å². The second kappa shape index (κ2) is 4.05. The van der Waals surface area contributed by atoms with E-state index in [-0.39, 0.29) is 11.1 Å². The highest BCUT2D eigenvalue weighted by Gasteiger charge is 2.34. The first-order valence-corrected chi connectivity index (χ1v) is 5.65. The van der Waals surface area contributed by atoms with E-state index < -0.39 is 5.92 Å². The smallest absolute Gasteiger partial charge is 0.298 e. The summed E-state index contributed by atoms with van der Waals surface area (Å²) in [6.07, 6.45) is 1.23. The maximum atomic E-state index is 14.4. The highest BCUT2D eigenvalue weighted by molar-refractivity contribution is 5.73. The first-order chi connectivity index (χ1) is 9.07. The molecular formula is C14H10F2N2O. The average molecular weight is 260 g/mol. The van der Waals surface area contributed by atoms with Crippen molar-refractivity contribution < 1.29 is 13.2 Å². The van der Waals surface area contributed by atoms with Crippen molar-refractivity contribution in [3.63, 3.8) is 0 Å². The number of nitrogen functional groups attached to an aromatic ring is 1. The van der Waals surface area contributed by atoms with E-state index in [4.69, 9.17) is 10.2 Å². The lowest BCUT2D eigenvalue weighted by molar-refractivity contribution is 0.0429. The van der Waals surface area contributed by atoms with Crippen molar-refractivity contribution in [2.75, 3.05) is 5.73 Å². The van der Waals surface area contributed by atoms with Gasteiger partial charge in [-0.15, -0.1) is 0 Å². The van der Waals surface area contributed by atoms with Crippen LogP contribution in [0.2, 0.25) is 0 Å². The molecule has 96 valence electrons. The summed E-state index contributed by atoms with van der Waals surface area (Å²) < 4.78 is 33.7. The standard InChI is InChI=1S/C14H10F2N2O/c15-14(16,9-1-4-11(17)5-2-9)10-3-6-12-13(7-10)19-8-18-12/h1-8H,17H2. The Morgan fingerprint density at radius 1 is 1.00 bits per heavy atom. The third-order valence-corrected chi connectivity index (χ3v) is 2.97. The van der Waals surface area contributed by atoms with Gasteiger partial charge in [-0.25, -0.2) is 4.98 Å². The minimum Gasteiger partial charge on any atom is -0.443 e. The van der Waals surface area contributed by atoms with Crippen LogP contribution in [0.5, 0.6) is 0 Å². The third-order valence-electron chi connectivity index (χ3n) is 2.97. The Hall–Kier alpha value is -2.43. The summed E-state index contributed by atoms with van der Waals surface area (Å²) in [4.78, 5) is 3.90. The molecule has 3 nitrogen and oxygen atoms in total. The molecule has 0 aliphatic rings. The summed E-state index contributed by atoms with van der Waals surface area (Å²) in [6, 6.07) is 9.71. The van der Waals surface area contributed by atoms with Gasteiger partial charge >= 0.3 is 0 Å². The second-order valence-corrected chi connectivity index (χ2v) is 4.23. The largest absolute Gasteiger partial charge is 0.443 e. The lowest BCUT2D eigenvalue weighted by atomic mass is 10.00. The molecule has 0 aliphatic carbocycles. The Morgan fingerprint density at radius 2 is 1.68 bits per heavy atom. The van der Waals surface area contributed by atoms with Crippen LogP contribution in [0.1, 0.15) is 11.1 Å². The van der Waals surface area contributed by atoms with Crippen molar-refractivity contribution in [3.8, 4) is 0 Å². The fourth-order valence-corrected chi connectivity index (χ4v) is 1.91. The number of aromatic nitrogens is 1. The van der Waals surface area contributed by atoms with Gasteiger partial charge in [-0.3, -0.25) is 0 Å². The Labute approximate surface area is 107 Å². The van der Waals surface area contributed by atoms with E-state index in [9.17, 15) is 8.78 Å². The molecule has 0 saturated heterocycles. The molecule has 0 saturated carbocycles. The maximum Gasteiger partial charge on any atom is 0.298 e. The fourth-order valence-electron chi connectivity index (χ4n) is 1.91. The van der Waals surface area contributed by atoms with Gasteiger partial charge < -0.3 is 10.2 Å². The molecule has 0 fully saturated rings. The molecule has 0 amide bonds. The van der Waals surface area contributed by atoms with Gasteiger partial charge in [0.1, 0.15) is 5.52 Å². The molecular weight excluding hydrogens is 250 g/mol. The number of rotatable bonds is 2. The van der Waals surface area contributed by atoms with Crippen LogP contribution in [0.3, 0.4) is 0 Å². The van der Waals surface area contributed by atoms with Gasteiger partial charge in [-0.1, -0.05) is 18.2 Å². The summed E-state index contributed by atoms with van der Waals surface area (Å²) in [7, 11) is 0. The number of alkyl halides is 2. The van der Waals surface area contributed by atoms with E-state index in [2.05, 4.69) is 4.98 Å². The topological polar surface area (TPSA) is 52.0 Å². The molecule has 1 heterocycles. The van der Waals surface area contributed by atoms with Gasteiger partial charge in [-0.2, -0.15) is 8.78 Å². The normalized spacial score (nSPS) is 11.9. The minimum absolute atomic E-state index is 0.111. The molecule has 0 spiro atoms. The number of nitrogens with zero attached hydrogens (tertiary/aromatic N) is 1. The third kappa shape index (κ3) is 1.93. The number of halogens is 2. The van der Waals surface area contributed by atoms with Gasteiger partial charge in [0, 0.05) is 16.8 Å². The van der Waals surface area contributed by atoms with Crippen LogP contribution in [0.25, 0.3) is 11.1 Å². The minimum atomic E-state index is -3.10. The van der Waals surface area contributed by atoms with Gasteiger partial charge in [0.25, 0.3) is 5.92 Å². The van der Waals surface area contributed by atoms with Gasteiger partial charge in [0.05, 0.1) is 0 Å². The number of hydrogen-bond donors (Lipinski definition) is 1. The fraction of sp³-hybridized carbons (Fsp3) is 0.0714. The number of oxazole rings is 1. The quantitative estimate of drug-likeness (QED) is 0.717. The van der Waals surface area contributed by atoms with Crippen LogP contribution in [-0.2, 0) is 5.92 Å². The number of fused-ring (bicyclic) bond motifs is 1. The molecule has 0 atom stereocenters. The van der Waals surface area contributed by atoms with Crippen molar-refractivity contribution >= 4 is 16.8 Å². The maximum absolute atomic E-state index is 14.4. The Morgan fingerprint density at radius 3 is 2.42 bits per heavy atom. The highest BCUT2D eigenvalue weighted by Crippen LogP contribution is 2.36. The van der Waals surface area contributed by atoms with Gasteiger partial charge in [0.15, 0.2) is 12.0 Å². The van der Waals surface area contributed by atoms with Crippen LogP contribution in [0.15, 0.2) is 53.3 Å². The predicted molar refractivity (Wildman–Crippen MR) is 67.9 cm³/mol. The zero-order valence-electron chi connectivity index (χ0n) is 9.81. The second-order valence-electron chi connectivity index (χ2n) is 4.23. The summed E-state index contributed by atoms with van der Waals surface area (Å²) in [5.41, 5.74) is 6.60. The number of benzene rings is 2. The molecule has 0 radical (unpaired) electrons. The number of nitrogens with two attached hydrogens (primary N) is 1. The predicted octanol–water partition coefficient (Wildman–Crippen LogP) is 3.55. The zero-order chi connectivity index (χ0) is 13.5. The molecule has 1 aromatic heterocycles. The van der Waals surface area contributed by atoms with Crippen molar-refractivity contribution in [1.82, 2.24) is 4.98 Å². The number of anilines is 1. The van der Waals surface area contributed by atoms with E-state index in [0.29, 0.717) is 16.8 Å². The molecule has 2 aromatic carbocycles. The molecule has 5 heteroatoms. The first-order valence-electron chi connectivity index (χ1n) is 5.65. The molecule has 19 heavy (non-hydrogen) atoms. The van der Waals surface area contributed by atoms with Gasteiger partial charge in [0.2, 0.25) is 0 Å². The molecule has 0 unspecified atom stereocenters. The lowest BCUT2D eigenvalue weighted by Crippen LogP contribution is -2.15. The Kier molecular flexibility index (Phi) is 2.48. The van der Waals surface area contributed by atoms with Crippen molar-refractivity contribution in [2.24, 2.45) is 0 Å². The monoisotopic (exact) mass is 260 g/mol. The van der Waals surface area contributed by atoms with E-state index in [1.807, 2.05) is 0 Å². The molecule has 0 bridgehead atoms. The van der Waals surface area contributed by atoms with Crippen LogP contribution >= 0.6 is 0 Å². The molecule has 3 rings (SSSR count). The summed E-state index contributed by atoms with van der Waals surface area (Å²) >= 11 is 0. The Bertz CT molecular complexity index is 720. The first kappa shape index (κ1) is 11.6. The van der Waals surface area contributed by atoms with Gasteiger partial charge in [-0.05, 0) is 24.3 Å². The molecule has 2 N–H and O–H groups in total. The highest BCUT2D eigenvalue weighted by atomic mass is 19.3. The van der Waals surface area contributed by atoms with Crippen molar-refractivity contribution in [1.29, 1.82) is 0 Å². The van der Waals surface area contributed by atoms with E-state index in [0.717, 1.165) is 0 Å². The van der Waals surface area contributed by atoms with Crippen LogP contribution < -0.4 is 5.73 Å². The summed E-state index contributed by atoms with van der Waals surface area (Å²) in [6.45, 7) is 0. The van der Waals surface area contributed by atoms with E-state index in [1.54, 1.807) is 0 Å². The van der Waals surface area contributed by atoms with Crippen LogP contribution in [0, 0.1) is 0 Å². The molecule has 3 aromatic rings. The lowest BCUT2D eigenvalue weighted by Gasteiger charge is -2.17. The summed E-state index contributed by atoms with van der Waals surface area (Å²) in [5, 5.41) is 0. The van der Waals surface area contributed by atoms with Crippen LogP contribution in [-0.4, -0.2) is 4.98 Å². The Balaban J connectivity index is 2.09. The number of hydrogen-bond acceptors (Lipinski definition) is 3. The molecule has 0 aliphatic heterocycles. The zero-order valence-corrected chi connectivity index (χ0v) is 9.81. The average Bonchev–Trinajstić information content (AvgIpc) is 2.86. The van der Waals surface area contributed by atoms with Crippen molar-refractivity contribution in [2.45, 2.75) is 5.92 Å². The van der Waals surface area contributed by atoms with E-state index in [1.165, 1.54) is 48.9 Å². The van der Waals surface area contributed by atoms with Crippen LogP contribution in [0.4, 0.5) is 14.5 Å². The SMILES string of the molecule is Nc1ccc(C(F)(F)c2ccc3ncoc3c2)cc1. The summed E-state index contributed by atoms with van der Waals surface area (Å²) in [5.74, 6) is -3.10. The van der Waals surface area contributed by atoms with Crippen molar-refractivity contribution in [3.05, 3.63) is 60.0 Å².